The molecule has 218 valence electrons. The van der Waals surface area contributed by atoms with E-state index in [4.69, 9.17) is 14.2 Å². The number of carbonyl (C=O) groups is 4. The summed E-state index contributed by atoms with van der Waals surface area (Å²) >= 11 is 0. The monoisotopic (exact) mass is 553 g/mol. The SMILES string of the molecule is CC(C)N1C(=O)C2C3CC(C(OC(=O)C4CCCCC4C(=O)OCC(C)(F)F)C31)C2C(=O)OC1CCCCC1. The molecule has 0 aromatic rings. The second-order valence-corrected chi connectivity index (χ2v) is 12.7. The van der Waals surface area contributed by atoms with Gasteiger partial charge in [0.15, 0.2) is 6.61 Å². The second kappa shape index (κ2) is 11.0. The Labute approximate surface area is 228 Å². The zero-order valence-electron chi connectivity index (χ0n) is 23.1. The summed E-state index contributed by atoms with van der Waals surface area (Å²) in [5.41, 5.74) is 0. The largest absolute Gasteiger partial charge is 0.462 e. The topological polar surface area (TPSA) is 99.2 Å². The van der Waals surface area contributed by atoms with Crippen LogP contribution in [0.15, 0.2) is 0 Å². The number of hydrogen-bond donors (Lipinski definition) is 0. The number of hydrogen-bond acceptors (Lipinski definition) is 7. The summed E-state index contributed by atoms with van der Waals surface area (Å²) in [6.07, 6.45) is 6.77. The molecule has 8 atom stereocenters. The summed E-state index contributed by atoms with van der Waals surface area (Å²) < 4.78 is 43.5. The van der Waals surface area contributed by atoms with E-state index in [9.17, 15) is 28.0 Å². The zero-order valence-corrected chi connectivity index (χ0v) is 23.1. The molecule has 1 aliphatic heterocycles. The highest BCUT2D eigenvalue weighted by molar-refractivity contribution is 5.90. The normalized spacial score (nSPS) is 36.4. The number of halogens is 2. The minimum absolute atomic E-state index is 0.0775. The van der Waals surface area contributed by atoms with E-state index >= 15 is 0 Å². The third-order valence-corrected chi connectivity index (χ3v) is 9.67. The van der Waals surface area contributed by atoms with Crippen LogP contribution in [-0.4, -0.2) is 65.5 Å². The fraction of sp³-hybridized carbons (Fsp3) is 0.862. The lowest BCUT2D eigenvalue weighted by Gasteiger charge is -2.37. The summed E-state index contributed by atoms with van der Waals surface area (Å²) in [7, 11) is 0. The average molecular weight is 554 g/mol. The van der Waals surface area contributed by atoms with Gasteiger partial charge in [-0.3, -0.25) is 19.2 Å². The number of rotatable bonds is 8. The Morgan fingerprint density at radius 1 is 0.897 bits per heavy atom. The van der Waals surface area contributed by atoms with E-state index in [2.05, 4.69) is 0 Å². The first kappa shape index (κ1) is 28.3. The van der Waals surface area contributed by atoms with Crippen molar-refractivity contribution >= 4 is 23.8 Å². The van der Waals surface area contributed by atoms with Crippen molar-refractivity contribution in [3.05, 3.63) is 0 Å². The van der Waals surface area contributed by atoms with Crippen LogP contribution in [0, 0.1) is 35.5 Å². The molecule has 4 aliphatic carbocycles. The lowest BCUT2D eigenvalue weighted by Crippen LogP contribution is -2.50. The molecule has 1 saturated heterocycles. The van der Waals surface area contributed by atoms with Gasteiger partial charge in [0, 0.05) is 18.9 Å². The number of carbonyl (C=O) groups excluding carboxylic acids is 4. The number of ether oxygens (including phenoxy) is 3. The summed E-state index contributed by atoms with van der Waals surface area (Å²) in [5, 5.41) is 0. The first-order valence-corrected chi connectivity index (χ1v) is 14.8. The number of fused-ring (bicyclic) bond motifs is 1. The van der Waals surface area contributed by atoms with Gasteiger partial charge in [-0.1, -0.05) is 19.3 Å². The van der Waals surface area contributed by atoms with Crippen molar-refractivity contribution in [1.29, 1.82) is 0 Å². The molecule has 4 saturated carbocycles. The van der Waals surface area contributed by atoms with Gasteiger partial charge in [-0.25, -0.2) is 8.78 Å². The smallest absolute Gasteiger partial charge is 0.310 e. The fourth-order valence-corrected chi connectivity index (χ4v) is 8.07. The van der Waals surface area contributed by atoms with Crippen LogP contribution in [-0.2, 0) is 33.4 Å². The lowest BCUT2D eigenvalue weighted by molar-refractivity contribution is -0.176. The van der Waals surface area contributed by atoms with Crippen molar-refractivity contribution in [3.8, 4) is 0 Å². The average Bonchev–Trinajstić information content (AvgIpc) is 3.50. The van der Waals surface area contributed by atoms with Crippen molar-refractivity contribution in [2.75, 3.05) is 6.61 Å². The maximum Gasteiger partial charge on any atom is 0.310 e. The molecule has 8 unspecified atom stereocenters. The van der Waals surface area contributed by atoms with E-state index in [1.807, 2.05) is 13.8 Å². The van der Waals surface area contributed by atoms with Gasteiger partial charge in [0.05, 0.1) is 29.7 Å². The van der Waals surface area contributed by atoms with E-state index in [0.29, 0.717) is 39.0 Å². The molecule has 5 aliphatic rings. The predicted molar refractivity (Wildman–Crippen MR) is 134 cm³/mol. The standard InChI is InChI=1S/C29H41F2NO7/c1-15(2)32-23-19-13-20(22(21(19)25(32)33)28(36)38-16-9-5-4-6-10-16)24(23)39-27(35)18-12-8-7-11-17(18)26(34)37-14-29(3,30)31/h15-24H,4-14H2,1-3H3. The van der Waals surface area contributed by atoms with Gasteiger partial charge in [-0.15, -0.1) is 0 Å². The minimum atomic E-state index is -3.16. The summed E-state index contributed by atoms with van der Waals surface area (Å²) in [6, 6.07) is -0.445. The van der Waals surface area contributed by atoms with Crippen LogP contribution >= 0.6 is 0 Å². The number of alkyl halides is 2. The van der Waals surface area contributed by atoms with E-state index in [0.717, 1.165) is 32.1 Å². The Morgan fingerprint density at radius 2 is 1.51 bits per heavy atom. The van der Waals surface area contributed by atoms with Crippen LogP contribution < -0.4 is 0 Å². The molecule has 0 N–H and O–H groups in total. The van der Waals surface area contributed by atoms with Gasteiger partial charge in [-0.05, 0) is 64.7 Å². The van der Waals surface area contributed by atoms with Crippen LogP contribution in [0.1, 0.15) is 85.0 Å². The number of likely N-dealkylation sites (tertiary alicyclic amines) is 1. The highest BCUT2D eigenvalue weighted by Gasteiger charge is 2.71. The van der Waals surface area contributed by atoms with Gasteiger partial charge in [0.25, 0.3) is 5.92 Å². The maximum absolute atomic E-state index is 13.6. The van der Waals surface area contributed by atoms with Gasteiger partial charge in [0.2, 0.25) is 5.91 Å². The first-order chi connectivity index (χ1) is 18.5. The molecule has 5 rings (SSSR count). The van der Waals surface area contributed by atoms with Crippen LogP contribution in [0.4, 0.5) is 8.78 Å². The third kappa shape index (κ3) is 5.41. The molecule has 1 heterocycles. The van der Waals surface area contributed by atoms with E-state index in [1.165, 1.54) is 0 Å². The van der Waals surface area contributed by atoms with E-state index in [1.54, 1.807) is 4.90 Å². The first-order valence-electron chi connectivity index (χ1n) is 14.8. The molecule has 0 radical (unpaired) electrons. The van der Waals surface area contributed by atoms with Crippen molar-refractivity contribution in [2.24, 2.45) is 35.5 Å². The Hall–Kier alpha value is -2.26. The molecular formula is C29H41F2NO7. The highest BCUT2D eigenvalue weighted by atomic mass is 19.3. The summed E-state index contributed by atoms with van der Waals surface area (Å²) in [6.45, 7) is 3.48. The fourth-order valence-electron chi connectivity index (χ4n) is 8.07. The van der Waals surface area contributed by atoms with E-state index < -0.39 is 54.2 Å². The second-order valence-electron chi connectivity index (χ2n) is 12.7. The Kier molecular flexibility index (Phi) is 7.94. The van der Waals surface area contributed by atoms with Gasteiger partial charge in [0.1, 0.15) is 12.2 Å². The predicted octanol–water partition coefficient (Wildman–Crippen LogP) is 4.28. The van der Waals surface area contributed by atoms with Crippen LogP contribution in [0.3, 0.4) is 0 Å². The van der Waals surface area contributed by atoms with Crippen molar-refractivity contribution in [2.45, 2.75) is 115 Å². The molecule has 2 bridgehead atoms. The molecular weight excluding hydrogens is 512 g/mol. The lowest BCUT2D eigenvalue weighted by atomic mass is 9.77. The van der Waals surface area contributed by atoms with Gasteiger partial charge < -0.3 is 19.1 Å². The quantitative estimate of drug-likeness (QED) is 0.327. The van der Waals surface area contributed by atoms with Crippen LogP contribution in [0.2, 0.25) is 0 Å². The molecule has 0 spiro atoms. The molecule has 5 fully saturated rings. The molecule has 10 heteroatoms. The number of amides is 1. The summed E-state index contributed by atoms with van der Waals surface area (Å²) in [5.74, 6) is -8.16. The van der Waals surface area contributed by atoms with E-state index in [-0.39, 0.29) is 41.9 Å². The highest BCUT2D eigenvalue weighted by Crippen LogP contribution is 2.60. The van der Waals surface area contributed by atoms with Crippen LogP contribution in [0.25, 0.3) is 0 Å². The Bertz CT molecular complexity index is 975. The number of nitrogens with zero attached hydrogens (tertiary/aromatic N) is 1. The molecule has 0 aromatic carbocycles. The molecule has 39 heavy (non-hydrogen) atoms. The molecule has 0 aromatic heterocycles. The molecule has 1 amide bonds. The summed E-state index contributed by atoms with van der Waals surface area (Å²) in [4.78, 5) is 55.1. The maximum atomic E-state index is 13.6. The van der Waals surface area contributed by atoms with Crippen molar-refractivity contribution in [1.82, 2.24) is 4.90 Å². The van der Waals surface area contributed by atoms with Crippen molar-refractivity contribution in [3.63, 3.8) is 0 Å². The van der Waals surface area contributed by atoms with Gasteiger partial charge >= 0.3 is 17.9 Å². The minimum Gasteiger partial charge on any atom is -0.462 e. The van der Waals surface area contributed by atoms with Crippen molar-refractivity contribution < 1.29 is 42.2 Å². The Balaban J connectivity index is 1.34. The zero-order chi connectivity index (χ0) is 28.1. The van der Waals surface area contributed by atoms with Crippen LogP contribution in [0.5, 0.6) is 0 Å². The van der Waals surface area contributed by atoms with Gasteiger partial charge in [-0.2, -0.15) is 0 Å². The third-order valence-electron chi connectivity index (χ3n) is 9.67. The molecule has 8 nitrogen and oxygen atoms in total. The Morgan fingerprint density at radius 3 is 2.13 bits per heavy atom. The number of esters is 3.